The Morgan fingerprint density at radius 1 is 0.760 bits per heavy atom. The van der Waals surface area contributed by atoms with E-state index in [1.54, 1.807) is 18.5 Å². The summed E-state index contributed by atoms with van der Waals surface area (Å²) >= 11 is 0. The Morgan fingerprint density at radius 3 is 1.57 bits per heavy atom. The molecule has 7 heterocycles. The molecule has 0 saturated carbocycles. The molecule has 3 aromatic rings. The molecule has 1 radical (unpaired) electrons. The van der Waals surface area contributed by atoms with Crippen molar-refractivity contribution >= 4 is 71.9 Å². The van der Waals surface area contributed by atoms with Gasteiger partial charge in [-0.05, 0) is 43.7 Å². The molecule has 0 aromatic carbocycles. The van der Waals surface area contributed by atoms with E-state index in [9.17, 15) is 44.3 Å². The Morgan fingerprint density at radius 2 is 1.23 bits per heavy atom. The van der Waals surface area contributed by atoms with Crippen LogP contribution in [-0.4, -0.2) is 177 Å². The van der Waals surface area contributed by atoms with Crippen molar-refractivity contribution in [2.24, 2.45) is 9.98 Å². The summed E-state index contributed by atoms with van der Waals surface area (Å²) in [6.07, 6.45) is 9.93. The topological polar surface area (TPSA) is 302 Å². The SMILES string of the molecule is C.CC1=C(C=O)N=CC1.CC1=C(c2nc3ccccn3c2NCCN2CCOCC2)CC=N1.Nc1ccccn1.O=S(=O)(O)C(F)(F)F.O=S(=O)(O)C(F)(F)F.O=S(=O)(O)C(F)(F)F.[C-]#[N+]CCN1CCOCC1.[Sc]. The normalized spacial score (nSPS) is 15.9. The zero-order valence-corrected chi connectivity index (χ0v) is 43.4. The summed E-state index contributed by atoms with van der Waals surface area (Å²) < 4.78 is 185. The van der Waals surface area contributed by atoms with Crippen LogP contribution in [-0.2, 0) is 70.5 Å². The number of allylic oxidation sites excluding steroid dienone is 4. The van der Waals surface area contributed by atoms with Gasteiger partial charge in [0.1, 0.15) is 28.7 Å². The molecule has 0 atom stereocenters. The molecule has 4 aliphatic rings. The first kappa shape index (κ1) is 72.3. The standard InChI is InChI=1S/C18H23N5O.C7H12N2O.C6H7NO.C5H6N2.3CHF3O3S.CH4.Sc/c1-14-15(5-6-19-14)17-18(23-8-3-2-4-16(23)21-17)20-7-9-22-10-12-24-13-11-22;1-8-2-3-9-4-6-10-7-5-9;1-5-2-3-7-6(5)4-8;6-5-3-1-2-4-7-5;3*2-1(3,4)8(5,6)7;;/h2-4,6,8,20H,5,7,9-13H2,1H3;2-7H2;3-4H,2H2,1H3;1-4H,(H2,6,7);3*(H,5,6,7);1H4;. The number of carbonyl (C=O) groups excluding carboxylic acids is 1. The van der Waals surface area contributed by atoms with Crippen LogP contribution in [0, 0.1) is 6.57 Å². The molecular formula is C40H55F9N10O12S3Sc. The molecular weight excluding hydrogens is 1120 g/mol. The number of rotatable bonds is 8. The second-order valence-electron chi connectivity index (χ2n) is 14.4. The molecule has 22 nitrogen and oxygen atoms in total. The fourth-order valence-corrected chi connectivity index (χ4v) is 5.32. The molecule has 2 saturated heterocycles. The number of ether oxygens (including phenoxy) is 2. The number of nitrogens with one attached hydrogen (secondary N) is 1. The number of halogens is 9. The second-order valence-corrected chi connectivity index (χ2v) is 18.6. The molecule has 0 aliphatic carbocycles. The first-order chi connectivity index (χ1) is 33.7. The summed E-state index contributed by atoms with van der Waals surface area (Å²) in [4.78, 5) is 34.9. The van der Waals surface area contributed by atoms with Gasteiger partial charge in [-0.3, -0.25) is 42.6 Å². The summed E-state index contributed by atoms with van der Waals surface area (Å²) in [6, 6.07) is 11.5. The maximum atomic E-state index is 10.7. The third-order valence-electron chi connectivity index (χ3n) is 9.03. The van der Waals surface area contributed by atoms with Gasteiger partial charge in [0, 0.05) is 114 Å². The number of aliphatic imine (C=N–C) groups is 2. The number of anilines is 2. The smallest absolute Gasteiger partial charge is 0.384 e. The van der Waals surface area contributed by atoms with Gasteiger partial charge in [-0.2, -0.15) is 64.8 Å². The molecule has 0 amide bonds. The third kappa shape index (κ3) is 28.3. The minimum Gasteiger partial charge on any atom is -0.384 e. The number of nitrogen functional groups attached to an aromatic ring is 1. The van der Waals surface area contributed by atoms with E-state index in [1.165, 1.54) is 5.57 Å². The van der Waals surface area contributed by atoms with Crippen molar-refractivity contribution in [2.75, 3.05) is 89.8 Å². The fraction of sp³-hybridized carbons (Fsp3) is 0.500. The van der Waals surface area contributed by atoms with Gasteiger partial charge in [-0.25, -0.2) is 16.5 Å². The van der Waals surface area contributed by atoms with Crippen molar-refractivity contribution in [3.05, 3.63) is 82.9 Å². The number of hydrogen-bond acceptors (Lipinski definition) is 17. The second kappa shape index (κ2) is 34.1. The quantitative estimate of drug-likeness (QED) is 0.0573. The van der Waals surface area contributed by atoms with Gasteiger partial charge in [-0.15, -0.1) is 0 Å². The number of fused-ring (bicyclic) bond motifs is 1. The van der Waals surface area contributed by atoms with Gasteiger partial charge in [-0.1, -0.05) is 19.6 Å². The van der Waals surface area contributed by atoms with Gasteiger partial charge in [0.05, 0.1) is 33.0 Å². The number of nitrogens with two attached hydrogens (primary N) is 1. The van der Waals surface area contributed by atoms with Crippen molar-refractivity contribution in [1.82, 2.24) is 24.2 Å². The largest absolute Gasteiger partial charge is 0.522 e. The van der Waals surface area contributed by atoms with E-state index >= 15 is 0 Å². The van der Waals surface area contributed by atoms with E-state index in [0.29, 0.717) is 18.1 Å². The maximum Gasteiger partial charge on any atom is 0.522 e. The molecule has 6 N–H and O–H groups in total. The summed E-state index contributed by atoms with van der Waals surface area (Å²) in [7, 11) is -17.5. The number of nitrogens with zero attached hydrogens (tertiary/aromatic N) is 8. The number of morpholine rings is 2. The molecule has 75 heavy (non-hydrogen) atoms. The monoisotopic (exact) mass is 1180 g/mol. The van der Waals surface area contributed by atoms with Gasteiger partial charge in [0.2, 0.25) is 6.54 Å². The van der Waals surface area contributed by atoms with Crippen LogP contribution in [0.1, 0.15) is 39.8 Å². The van der Waals surface area contributed by atoms with Gasteiger partial charge >= 0.3 is 46.9 Å². The number of imidazole rings is 1. The summed E-state index contributed by atoms with van der Waals surface area (Å²) in [5.74, 6) is 1.64. The van der Waals surface area contributed by atoms with Crippen LogP contribution in [0.3, 0.4) is 0 Å². The average Bonchev–Trinajstić information content (AvgIpc) is 4.03. The van der Waals surface area contributed by atoms with E-state index in [1.807, 2.05) is 43.5 Å². The average molecular weight is 1180 g/mol. The predicted octanol–water partition coefficient (Wildman–Crippen LogP) is 5.93. The number of carbonyl (C=O) groups is 1. The van der Waals surface area contributed by atoms with E-state index in [-0.39, 0.29) is 33.3 Å². The summed E-state index contributed by atoms with van der Waals surface area (Å²) in [6.45, 7) is 21.4. The van der Waals surface area contributed by atoms with Crippen LogP contribution >= 0.6 is 0 Å². The van der Waals surface area contributed by atoms with Crippen molar-refractivity contribution in [3.63, 3.8) is 0 Å². The number of pyridine rings is 2. The Labute approximate surface area is 445 Å². The van der Waals surface area contributed by atoms with Crippen molar-refractivity contribution in [2.45, 2.75) is 50.6 Å². The zero-order chi connectivity index (χ0) is 55.7. The Kier molecular flexibility index (Phi) is 32.9. The molecule has 0 spiro atoms. The number of hydrogen-bond donors (Lipinski definition) is 5. The number of aromatic nitrogens is 3. The van der Waals surface area contributed by atoms with Crippen LogP contribution in [0.15, 0.2) is 75.7 Å². The molecule has 0 unspecified atom stereocenters. The van der Waals surface area contributed by atoms with Crippen LogP contribution in [0.5, 0.6) is 0 Å². The third-order valence-corrected chi connectivity index (χ3v) is 10.8. The van der Waals surface area contributed by atoms with Crippen LogP contribution < -0.4 is 11.1 Å². The van der Waals surface area contributed by atoms with E-state index < -0.39 is 46.9 Å². The Bertz CT molecular complexity index is 2610. The molecule has 4 aliphatic heterocycles. The Balaban J connectivity index is 0. The minimum absolute atomic E-state index is 0. The first-order valence-electron chi connectivity index (χ1n) is 20.6. The fourth-order valence-electron chi connectivity index (χ4n) is 5.32. The molecule has 3 aromatic heterocycles. The van der Waals surface area contributed by atoms with Gasteiger partial charge < -0.3 is 25.4 Å². The first-order valence-corrected chi connectivity index (χ1v) is 24.9. The van der Waals surface area contributed by atoms with Crippen molar-refractivity contribution < 1.29 is 119 Å². The van der Waals surface area contributed by atoms with E-state index in [0.717, 1.165) is 120 Å². The van der Waals surface area contributed by atoms with E-state index in [2.05, 4.69) is 52.5 Å². The zero-order valence-electron chi connectivity index (χ0n) is 39.1. The molecule has 35 heteroatoms. The van der Waals surface area contributed by atoms with Gasteiger partial charge in [0.25, 0.3) is 0 Å². The van der Waals surface area contributed by atoms with Crippen molar-refractivity contribution in [3.8, 4) is 0 Å². The molecule has 2 fully saturated rings. The summed E-state index contributed by atoms with van der Waals surface area (Å²) in [5, 5.41) is 3.61. The molecule has 7 rings (SSSR count). The van der Waals surface area contributed by atoms with Crippen molar-refractivity contribution in [1.29, 1.82) is 0 Å². The summed E-state index contributed by atoms with van der Waals surface area (Å²) in [5.41, 5.74) is -5.41. The van der Waals surface area contributed by atoms with Crippen LogP contribution in [0.2, 0.25) is 0 Å². The van der Waals surface area contributed by atoms with E-state index in [4.69, 9.17) is 65.7 Å². The molecule has 421 valence electrons. The minimum atomic E-state index is -5.84. The van der Waals surface area contributed by atoms with Gasteiger partial charge in [0.15, 0.2) is 6.29 Å². The number of alkyl halides is 9. The predicted molar refractivity (Wildman–Crippen MR) is 255 cm³/mol. The molecule has 0 bridgehead atoms. The Hall–Kier alpha value is -4.77. The maximum absolute atomic E-state index is 10.7. The van der Waals surface area contributed by atoms with Crippen LogP contribution in [0.4, 0.5) is 51.1 Å². The van der Waals surface area contributed by atoms with Crippen LogP contribution in [0.25, 0.3) is 16.1 Å². The number of aldehydes is 1.